The van der Waals surface area contributed by atoms with Gasteiger partial charge in [0.05, 0.1) is 0 Å². The van der Waals surface area contributed by atoms with Crippen LogP contribution in [0.5, 0.6) is 0 Å². The van der Waals surface area contributed by atoms with Crippen molar-refractivity contribution in [3.8, 4) is 22.5 Å². The Bertz CT molecular complexity index is 1050. The monoisotopic (exact) mass is 386 g/mol. The number of hydrogen-bond donors (Lipinski definition) is 2. The Labute approximate surface area is 170 Å². The van der Waals surface area contributed by atoms with E-state index in [1.54, 1.807) is 0 Å². The van der Waals surface area contributed by atoms with Crippen molar-refractivity contribution in [2.75, 3.05) is 0 Å². The quantitative estimate of drug-likeness (QED) is 0.476. The molecule has 0 radical (unpaired) electrons. The number of rotatable bonds is 8. The molecule has 0 aliphatic carbocycles. The van der Waals surface area contributed by atoms with E-state index < -0.39 is 0 Å². The molecule has 2 aromatic carbocycles. The van der Waals surface area contributed by atoms with E-state index in [1.165, 1.54) is 29.8 Å². The standard InChI is InChI=1S/C23H26N6/c1-2-3-6-19-13-14-20(15-24)29(19)16-17-9-11-18(12-10-17)21-7-4-5-8-22(21)23-25-27-28-26-23/h4-5,7-14H,2-3,6,15-16,24H2,1H3,(H,25,26,27,28). The number of nitrogens with one attached hydrogen (secondary N) is 1. The number of aromatic nitrogens is 5. The van der Waals surface area contributed by atoms with Crippen LogP contribution in [-0.2, 0) is 19.5 Å². The Morgan fingerprint density at radius 2 is 1.69 bits per heavy atom. The molecule has 0 spiro atoms. The van der Waals surface area contributed by atoms with E-state index in [4.69, 9.17) is 5.73 Å². The van der Waals surface area contributed by atoms with Gasteiger partial charge in [-0.15, -0.1) is 5.10 Å². The van der Waals surface area contributed by atoms with Crippen LogP contribution >= 0.6 is 0 Å². The molecule has 0 amide bonds. The fourth-order valence-corrected chi connectivity index (χ4v) is 3.70. The molecule has 4 rings (SSSR count). The number of hydrogen-bond acceptors (Lipinski definition) is 4. The summed E-state index contributed by atoms with van der Waals surface area (Å²) >= 11 is 0. The van der Waals surface area contributed by atoms with Crippen LogP contribution in [-0.4, -0.2) is 25.2 Å². The maximum Gasteiger partial charge on any atom is 0.180 e. The predicted octanol–water partition coefficient (Wildman–Crippen LogP) is 4.18. The Hall–Kier alpha value is -3.25. The van der Waals surface area contributed by atoms with Crippen LogP contribution in [0.15, 0.2) is 60.7 Å². The molecule has 29 heavy (non-hydrogen) atoms. The predicted molar refractivity (Wildman–Crippen MR) is 115 cm³/mol. The van der Waals surface area contributed by atoms with Crippen LogP contribution in [0.2, 0.25) is 0 Å². The van der Waals surface area contributed by atoms with Gasteiger partial charge in [-0.1, -0.05) is 61.9 Å². The van der Waals surface area contributed by atoms with Crippen LogP contribution in [0.1, 0.15) is 36.7 Å². The highest BCUT2D eigenvalue weighted by Crippen LogP contribution is 2.30. The van der Waals surface area contributed by atoms with Crippen molar-refractivity contribution < 1.29 is 0 Å². The van der Waals surface area contributed by atoms with Crippen molar-refractivity contribution in [2.24, 2.45) is 5.73 Å². The maximum absolute atomic E-state index is 5.97. The number of benzene rings is 2. The lowest BCUT2D eigenvalue weighted by Crippen LogP contribution is -2.11. The summed E-state index contributed by atoms with van der Waals surface area (Å²) in [5.41, 5.74) is 13.0. The van der Waals surface area contributed by atoms with E-state index in [0.29, 0.717) is 12.4 Å². The first-order valence-electron chi connectivity index (χ1n) is 10.1. The van der Waals surface area contributed by atoms with Crippen LogP contribution in [0.3, 0.4) is 0 Å². The average Bonchev–Trinajstić information content (AvgIpc) is 3.43. The smallest absolute Gasteiger partial charge is 0.180 e. The summed E-state index contributed by atoms with van der Waals surface area (Å²) < 4.78 is 2.36. The molecule has 0 bridgehead atoms. The van der Waals surface area contributed by atoms with Gasteiger partial charge in [-0.25, -0.2) is 5.10 Å². The van der Waals surface area contributed by atoms with Crippen molar-refractivity contribution in [3.63, 3.8) is 0 Å². The van der Waals surface area contributed by atoms with Crippen molar-refractivity contribution in [1.29, 1.82) is 0 Å². The Morgan fingerprint density at radius 3 is 2.38 bits per heavy atom. The number of nitrogens with two attached hydrogens (primary N) is 1. The minimum atomic E-state index is 0.558. The SMILES string of the molecule is CCCCc1ccc(CN)n1Cc1ccc(-c2ccccc2-c2nnn[nH]2)cc1. The second-order valence-electron chi connectivity index (χ2n) is 7.20. The number of nitrogens with zero attached hydrogens (tertiary/aromatic N) is 4. The highest BCUT2D eigenvalue weighted by Gasteiger charge is 2.11. The van der Waals surface area contributed by atoms with Crippen molar-refractivity contribution in [3.05, 3.63) is 77.6 Å². The Balaban J connectivity index is 1.60. The van der Waals surface area contributed by atoms with Gasteiger partial charge < -0.3 is 10.3 Å². The number of H-pyrrole nitrogens is 1. The number of aryl methyl sites for hydroxylation is 1. The van der Waals surface area contributed by atoms with Crippen LogP contribution in [0.4, 0.5) is 0 Å². The van der Waals surface area contributed by atoms with Crippen LogP contribution < -0.4 is 5.73 Å². The van der Waals surface area contributed by atoms with Crippen LogP contribution in [0, 0.1) is 0 Å². The molecule has 0 saturated heterocycles. The third kappa shape index (κ3) is 4.12. The first-order chi connectivity index (χ1) is 14.3. The van der Waals surface area contributed by atoms with E-state index in [1.807, 2.05) is 18.2 Å². The van der Waals surface area contributed by atoms with Gasteiger partial charge in [0.2, 0.25) is 0 Å². The fraction of sp³-hybridized carbons (Fsp3) is 0.261. The lowest BCUT2D eigenvalue weighted by atomic mass is 9.98. The molecular weight excluding hydrogens is 360 g/mol. The molecule has 2 aromatic heterocycles. The molecule has 148 valence electrons. The van der Waals surface area contributed by atoms with Crippen molar-refractivity contribution in [1.82, 2.24) is 25.2 Å². The van der Waals surface area contributed by atoms with E-state index >= 15 is 0 Å². The average molecular weight is 387 g/mol. The van der Waals surface area contributed by atoms with Crippen molar-refractivity contribution in [2.45, 2.75) is 39.3 Å². The minimum absolute atomic E-state index is 0.558. The van der Waals surface area contributed by atoms with E-state index in [-0.39, 0.29) is 0 Å². The van der Waals surface area contributed by atoms with Gasteiger partial charge in [0.15, 0.2) is 5.82 Å². The van der Waals surface area contributed by atoms with Crippen LogP contribution in [0.25, 0.3) is 22.5 Å². The van der Waals surface area contributed by atoms with Gasteiger partial charge in [-0.3, -0.25) is 0 Å². The summed E-state index contributed by atoms with van der Waals surface area (Å²) in [7, 11) is 0. The topological polar surface area (TPSA) is 85.4 Å². The summed E-state index contributed by atoms with van der Waals surface area (Å²) in [4.78, 5) is 0. The van der Waals surface area contributed by atoms with E-state index in [9.17, 15) is 0 Å². The third-order valence-electron chi connectivity index (χ3n) is 5.29. The Morgan fingerprint density at radius 1 is 0.931 bits per heavy atom. The normalized spacial score (nSPS) is 11.1. The second kappa shape index (κ2) is 8.84. The molecule has 6 nitrogen and oxygen atoms in total. The van der Waals surface area contributed by atoms with Gasteiger partial charge in [0.1, 0.15) is 0 Å². The molecule has 0 saturated carbocycles. The van der Waals surface area contributed by atoms with Crippen molar-refractivity contribution >= 4 is 0 Å². The van der Waals surface area contributed by atoms with Gasteiger partial charge in [0, 0.05) is 30.0 Å². The van der Waals surface area contributed by atoms with E-state index in [0.717, 1.165) is 29.7 Å². The summed E-state index contributed by atoms with van der Waals surface area (Å²) in [5.74, 6) is 0.671. The summed E-state index contributed by atoms with van der Waals surface area (Å²) in [6.45, 7) is 3.62. The molecule has 3 N–H and O–H groups in total. The molecule has 4 aromatic rings. The zero-order valence-electron chi connectivity index (χ0n) is 16.7. The largest absolute Gasteiger partial charge is 0.343 e. The minimum Gasteiger partial charge on any atom is -0.343 e. The molecular formula is C23H26N6. The fourth-order valence-electron chi connectivity index (χ4n) is 3.70. The summed E-state index contributed by atoms with van der Waals surface area (Å²) in [5, 5.41) is 14.3. The highest BCUT2D eigenvalue weighted by atomic mass is 15.5. The molecule has 0 aliphatic rings. The molecule has 2 heterocycles. The first-order valence-corrected chi connectivity index (χ1v) is 10.1. The summed E-state index contributed by atoms with van der Waals surface area (Å²) in [6.07, 6.45) is 3.48. The molecule has 0 fully saturated rings. The number of tetrazole rings is 1. The van der Waals surface area contributed by atoms with Gasteiger partial charge in [0.25, 0.3) is 0 Å². The number of aromatic amines is 1. The molecule has 6 heteroatoms. The lowest BCUT2D eigenvalue weighted by molar-refractivity contribution is 0.669. The van der Waals surface area contributed by atoms with Gasteiger partial charge >= 0.3 is 0 Å². The molecule has 0 unspecified atom stereocenters. The molecule has 0 aliphatic heterocycles. The third-order valence-corrected chi connectivity index (χ3v) is 5.29. The van der Waals surface area contributed by atoms with E-state index in [2.05, 4.69) is 74.6 Å². The highest BCUT2D eigenvalue weighted by molar-refractivity contribution is 5.80. The lowest BCUT2D eigenvalue weighted by Gasteiger charge is -2.14. The molecule has 0 atom stereocenters. The summed E-state index contributed by atoms with van der Waals surface area (Å²) in [6, 6.07) is 21.2. The first kappa shape index (κ1) is 19.1. The maximum atomic E-state index is 5.97. The zero-order chi connectivity index (χ0) is 20.1. The zero-order valence-corrected chi connectivity index (χ0v) is 16.7. The second-order valence-corrected chi connectivity index (χ2v) is 7.20. The van der Waals surface area contributed by atoms with Gasteiger partial charge in [-0.2, -0.15) is 0 Å². The van der Waals surface area contributed by atoms with Gasteiger partial charge in [-0.05, 0) is 52.1 Å². The number of unbranched alkanes of at least 4 members (excludes halogenated alkanes) is 1. The Kier molecular flexibility index (Phi) is 5.81.